The molecule has 2 heterocycles. The zero-order chi connectivity index (χ0) is 26.0. The van der Waals surface area contributed by atoms with Crippen molar-refractivity contribution in [2.75, 3.05) is 36.4 Å². The number of fused-ring (bicyclic) bond motifs is 1. The topological polar surface area (TPSA) is 77.9 Å². The molecule has 7 nitrogen and oxygen atoms in total. The number of benzene rings is 2. The Hall–Kier alpha value is -3.39. The third kappa shape index (κ3) is 5.38. The van der Waals surface area contributed by atoms with Crippen molar-refractivity contribution in [2.45, 2.75) is 53.2 Å². The molecule has 4 rings (SSSR count). The summed E-state index contributed by atoms with van der Waals surface area (Å²) in [5, 5.41) is 13.6. The number of halogens is 1. The lowest BCUT2D eigenvalue weighted by Gasteiger charge is -2.39. The van der Waals surface area contributed by atoms with Crippen molar-refractivity contribution >= 4 is 33.9 Å². The smallest absolute Gasteiger partial charge is 0.339 e. The van der Waals surface area contributed by atoms with Gasteiger partial charge in [-0.2, -0.15) is 0 Å². The Balaban J connectivity index is 1.86. The summed E-state index contributed by atoms with van der Waals surface area (Å²) in [4.78, 5) is 21.3. The second-order valence-corrected chi connectivity index (χ2v) is 9.75. The van der Waals surface area contributed by atoms with Crippen LogP contribution in [0.4, 0.5) is 21.5 Å². The summed E-state index contributed by atoms with van der Waals surface area (Å²) in [5.41, 5.74) is 2.85. The fourth-order valence-electron chi connectivity index (χ4n) is 4.50. The first-order chi connectivity index (χ1) is 17.2. The lowest BCUT2D eigenvalue weighted by atomic mass is 10.1. The summed E-state index contributed by atoms with van der Waals surface area (Å²) in [6, 6.07) is 9.00. The van der Waals surface area contributed by atoms with Crippen molar-refractivity contribution in [1.82, 2.24) is 9.88 Å². The number of nitrogens with one attached hydrogen (secondary N) is 1. The average Bonchev–Trinajstić information content (AvgIpc) is 2.85. The number of nitrogens with zero attached hydrogens (tertiary/aromatic N) is 3. The van der Waals surface area contributed by atoms with Crippen LogP contribution in [0.1, 0.15) is 50.0 Å². The quantitative estimate of drug-likeness (QED) is 0.408. The van der Waals surface area contributed by atoms with Gasteiger partial charge in [0, 0.05) is 49.9 Å². The standard InChI is InChI=1S/C28H35FN4O3/c1-6-19(5)36-26-15-23-20(14-25(26)33-11-9-32(10-12-33)17(2)3)27(21(16-30-23)28(34)35)31-24-13-18(4)7-8-22(24)29/h7-8,13-17,19H,6,9-12H2,1-5H3,(H,30,31)(H,34,35). The number of rotatable bonds is 8. The fraction of sp³-hybridized carbons (Fsp3) is 0.429. The summed E-state index contributed by atoms with van der Waals surface area (Å²) in [6.07, 6.45) is 2.17. The number of aromatic carboxylic acids is 1. The molecule has 8 heteroatoms. The molecule has 0 amide bonds. The van der Waals surface area contributed by atoms with Crippen LogP contribution in [0.15, 0.2) is 36.5 Å². The van der Waals surface area contributed by atoms with Crippen LogP contribution >= 0.6 is 0 Å². The second kappa shape index (κ2) is 10.7. The lowest BCUT2D eigenvalue weighted by molar-refractivity contribution is 0.0697. The van der Waals surface area contributed by atoms with E-state index in [4.69, 9.17) is 4.74 Å². The van der Waals surface area contributed by atoms with E-state index in [0.717, 1.165) is 49.6 Å². The molecule has 3 aromatic rings. The minimum Gasteiger partial charge on any atom is -0.488 e. The van der Waals surface area contributed by atoms with Crippen LogP contribution in [0.3, 0.4) is 0 Å². The van der Waals surface area contributed by atoms with Crippen molar-refractivity contribution in [2.24, 2.45) is 0 Å². The van der Waals surface area contributed by atoms with Gasteiger partial charge < -0.3 is 20.1 Å². The van der Waals surface area contributed by atoms with Gasteiger partial charge in [0.15, 0.2) is 0 Å². The first-order valence-corrected chi connectivity index (χ1v) is 12.6. The molecule has 0 bridgehead atoms. The van der Waals surface area contributed by atoms with E-state index in [9.17, 15) is 14.3 Å². The van der Waals surface area contributed by atoms with E-state index in [0.29, 0.717) is 22.6 Å². The second-order valence-electron chi connectivity index (χ2n) is 9.75. The van der Waals surface area contributed by atoms with Gasteiger partial charge in [0.1, 0.15) is 17.1 Å². The Kier molecular flexibility index (Phi) is 7.64. The molecular weight excluding hydrogens is 459 g/mol. The number of carbonyl (C=O) groups is 1. The zero-order valence-corrected chi connectivity index (χ0v) is 21.6. The Bertz CT molecular complexity index is 1260. The van der Waals surface area contributed by atoms with Gasteiger partial charge in [0.2, 0.25) is 0 Å². The number of hydrogen-bond donors (Lipinski definition) is 2. The molecule has 0 saturated carbocycles. The van der Waals surface area contributed by atoms with Crippen molar-refractivity contribution < 1.29 is 19.0 Å². The van der Waals surface area contributed by atoms with E-state index < -0.39 is 11.8 Å². The van der Waals surface area contributed by atoms with Crippen LogP contribution in [0.2, 0.25) is 0 Å². The van der Waals surface area contributed by atoms with Gasteiger partial charge in [-0.15, -0.1) is 0 Å². The molecule has 36 heavy (non-hydrogen) atoms. The van der Waals surface area contributed by atoms with Gasteiger partial charge in [0.05, 0.1) is 28.7 Å². The van der Waals surface area contributed by atoms with Crippen molar-refractivity contribution in [3.05, 3.63) is 53.5 Å². The van der Waals surface area contributed by atoms with Crippen molar-refractivity contribution in [3.63, 3.8) is 0 Å². The lowest BCUT2D eigenvalue weighted by Crippen LogP contribution is -2.49. The van der Waals surface area contributed by atoms with Gasteiger partial charge in [-0.1, -0.05) is 13.0 Å². The van der Waals surface area contributed by atoms with E-state index in [1.807, 2.05) is 26.0 Å². The van der Waals surface area contributed by atoms with Gasteiger partial charge >= 0.3 is 5.97 Å². The van der Waals surface area contributed by atoms with E-state index >= 15 is 0 Å². The van der Waals surface area contributed by atoms with Gasteiger partial charge in [-0.25, -0.2) is 9.18 Å². The van der Waals surface area contributed by atoms with Crippen LogP contribution in [0.25, 0.3) is 10.9 Å². The molecule has 192 valence electrons. The third-order valence-corrected chi connectivity index (χ3v) is 6.85. The highest BCUT2D eigenvalue weighted by molar-refractivity contribution is 6.06. The number of hydrogen-bond acceptors (Lipinski definition) is 6. The SMILES string of the molecule is CCC(C)Oc1cc2ncc(C(=O)O)c(Nc3cc(C)ccc3F)c2cc1N1CCN(C(C)C)CC1. The van der Waals surface area contributed by atoms with E-state index in [1.54, 1.807) is 12.1 Å². The molecule has 1 saturated heterocycles. The molecule has 2 aromatic carbocycles. The van der Waals surface area contributed by atoms with E-state index in [1.165, 1.54) is 12.3 Å². The minimum absolute atomic E-state index is 0.00966. The monoisotopic (exact) mass is 494 g/mol. The normalized spacial score (nSPS) is 15.4. The predicted octanol–water partition coefficient (Wildman–Crippen LogP) is 5.83. The molecular formula is C28H35FN4O3. The highest BCUT2D eigenvalue weighted by atomic mass is 19.1. The first-order valence-electron chi connectivity index (χ1n) is 12.6. The van der Waals surface area contributed by atoms with Crippen LogP contribution in [-0.4, -0.2) is 59.3 Å². The molecule has 0 radical (unpaired) electrons. The highest BCUT2D eigenvalue weighted by Gasteiger charge is 2.25. The average molecular weight is 495 g/mol. The van der Waals surface area contributed by atoms with Crippen molar-refractivity contribution in [1.29, 1.82) is 0 Å². The number of pyridine rings is 1. The van der Waals surface area contributed by atoms with Gasteiger partial charge in [0.25, 0.3) is 0 Å². The van der Waals surface area contributed by atoms with Crippen LogP contribution in [0.5, 0.6) is 5.75 Å². The fourth-order valence-corrected chi connectivity index (χ4v) is 4.50. The summed E-state index contributed by atoms with van der Waals surface area (Å²) in [7, 11) is 0. The molecule has 2 N–H and O–H groups in total. The first kappa shape index (κ1) is 25.7. The number of aromatic nitrogens is 1. The Labute approximate surface area is 211 Å². The van der Waals surface area contributed by atoms with Crippen LogP contribution < -0.4 is 15.0 Å². The number of carboxylic acids is 1. The summed E-state index contributed by atoms with van der Waals surface area (Å²) in [6.45, 7) is 13.8. The molecule has 0 spiro atoms. The Morgan fingerprint density at radius 3 is 2.53 bits per heavy atom. The van der Waals surface area contributed by atoms with Crippen LogP contribution in [0, 0.1) is 12.7 Å². The third-order valence-electron chi connectivity index (χ3n) is 6.85. The number of ether oxygens (including phenoxy) is 1. The molecule has 1 fully saturated rings. The molecule has 1 atom stereocenters. The molecule has 1 aromatic heterocycles. The summed E-state index contributed by atoms with van der Waals surface area (Å²) < 4.78 is 21.0. The van der Waals surface area contributed by atoms with E-state index in [2.05, 4.69) is 40.9 Å². The van der Waals surface area contributed by atoms with Gasteiger partial charge in [-0.3, -0.25) is 9.88 Å². The van der Waals surface area contributed by atoms with Crippen molar-refractivity contribution in [3.8, 4) is 5.75 Å². The van der Waals surface area contributed by atoms with Gasteiger partial charge in [-0.05, 0) is 57.9 Å². The molecule has 1 aliphatic heterocycles. The maximum Gasteiger partial charge on any atom is 0.339 e. The highest BCUT2D eigenvalue weighted by Crippen LogP contribution is 2.39. The molecule has 1 unspecified atom stereocenters. The maximum absolute atomic E-state index is 14.6. The Morgan fingerprint density at radius 1 is 1.17 bits per heavy atom. The predicted molar refractivity (Wildman–Crippen MR) is 142 cm³/mol. The number of piperazine rings is 1. The van der Waals surface area contributed by atoms with Crippen LogP contribution in [-0.2, 0) is 0 Å². The minimum atomic E-state index is -1.13. The maximum atomic E-state index is 14.6. The summed E-state index contributed by atoms with van der Waals surface area (Å²) >= 11 is 0. The molecule has 1 aliphatic rings. The number of carboxylic acid groups (broad SMARTS) is 1. The molecule has 0 aliphatic carbocycles. The number of aryl methyl sites for hydroxylation is 1. The largest absolute Gasteiger partial charge is 0.488 e. The van der Waals surface area contributed by atoms with E-state index in [-0.39, 0.29) is 17.4 Å². The number of anilines is 3. The summed E-state index contributed by atoms with van der Waals surface area (Å²) in [5.74, 6) is -0.867. The zero-order valence-electron chi connectivity index (χ0n) is 21.6. The Morgan fingerprint density at radius 2 is 1.89 bits per heavy atom.